The third-order valence-corrected chi connectivity index (χ3v) is 14.5. The molecular weight excluding hydrogens is 586 g/mol. The predicted octanol–water partition coefficient (Wildman–Crippen LogP) is 7.51. The summed E-state index contributed by atoms with van der Waals surface area (Å²) in [6, 6.07) is 0. The van der Waals surface area contributed by atoms with Crippen molar-refractivity contribution in [3.8, 4) is 0 Å². The van der Waals surface area contributed by atoms with Crippen molar-refractivity contribution in [2.75, 3.05) is 0 Å². The average molecular weight is 646 g/mol. The van der Waals surface area contributed by atoms with Crippen LogP contribution in [0.15, 0.2) is 4.99 Å². The van der Waals surface area contributed by atoms with Gasteiger partial charge in [0, 0.05) is 36.8 Å². The van der Waals surface area contributed by atoms with Gasteiger partial charge in [-0.05, 0) is 108 Å². The number of rotatable bonds is 5. The Morgan fingerprint density at radius 3 is 1.74 bits per heavy atom. The highest BCUT2D eigenvalue weighted by molar-refractivity contribution is 5.90. The van der Waals surface area contributed by atoms with Crippen LogP contribution in [0.2, 0.25) is 0 Å². The second-order valence-electron chi connectivity index (χ2n) is 17.7. The van der Waals surface area contributed by atoms with Crippen LogP contribution in [0.4, 0.5) is 0 Å². The van der Waals surface area contributed by atoms with Crippen molar-refractivity contribution < 1.29 is 38.5 Å². The Bertz CT molecular complexity index is 1230. The molecule has 8 aliphatic heterocycles. The molecule has 0 aromatic rings. The van der Waals surface area contributed by atoms with Crippen LogP contribution in [0.25, 0.3) is 0 Å². The second-order valence-corrected chi connectivity index (χ2v) is 17.7. The van der Waals surface area contributed by atoms with Gasteiger partial charge in [-0.3, -0.25) is 4.99 Å². The Kier molecular flexibility index (Phi) is 7.73. The maximum absolute atomic E-state index is 7.18. The minimum absolute atomic E-state index is 0.0814. The molecule has 10 aliphatic rings. The molecule has 2 saturated carbocycles. The second kappa shape index (κ2) is 10.9. The lowest BCUT2D eigenvalue weighted by Crippen LogP contribution is -2.71. The monoisotopic (exact) mass is 645 g/mol. The maximum atomic E-state index is 7.18. The van der Waals surface area contributed by atoms with E-state index in [-0.39, 0.29) is 41.4 Å². The first-order chi connectivity index (χ1) is 21.7. The summed E-state index contributed by atoms with van der Waals surface area (Å²) in [6.07, 6.45) is 8.56. The van der Waals surface area contributed by atoms with Crippen LogP contribution in [0.1, 0.15) is 127 Å². The van der Waals surface area contributed by atoms with Gasteiger partial charge in [-0.25, -0.2) is 19.6 Å². The third-order valence-electron chi connectivity index (χ3n) is 14.5. The van der Waals surface area contributed by atoms with Crippen molar-refractivity contribution in [1.29, 1.82) is 0 Å². The van der Waals surface area contributed by atoms with Crippen molar-refractivity contribution in [3.63, 3.8) is 0 Å². The number of fused-ring (bicyclic) bond motifs is 4. The Labute approximate surface area is 275 Å². The summed E-state index contributed by atoms with van der Waals surface area (Å²) in [7, 11) is 0. The first-order valence-corrected chi connectivity index (χ1v) is 18.7. The van der Waals surface area contributed by atoms with E-state index in [9.17, 15) is 0 Å². The van der Waals surface area contributed by atoms with Gasteiger partial charge >= 0.3 is 0 Å². The summed E-state index contributed by atoms with van der Waals surface area (Å²) in [5, 5.41) is 0. The normalized spacial score (nSPS) is 56.5. The molecule has 46 heavy (non-hydrogen) atoms. The average Bonchev–Trinajstić information content (AvgIpc) is 3.38. The summed E-state index contributed by atoms with van der Waals surface area (Å²) >= 11 is 0. The van der Waals surface area contributed by atoms with Gasteiger partial charge < -0.3 is 18.9 Å². The van der Waals surface area contributed by atoms with Gasteiger partial charge in [-0.1, -0.05) is 34.6 Å². The van der Waals surface area contributed by atoms with Crippen LogP contribution in [-0.2, 0) is 38.5 Å². The Balaban J connectivity index is 1.14. The van der Waals surface area contributed by atoms with E-state index in [2.05, 4.69) is 48.5 Å². The minimum atomic E-state index is -0.805. The van der Waals surface area contributed by atoms with Crippen molar-refractivity contribution in [2.45, 2.75) is 180 Å². The lowest BCUT2D eigenvalue weighted by atomic mass is 9.56. The fourth-order valence-corrected chi connectivity index (χ4v) is 11.4. The van der Waals surface area contributed by atoms with E-state index in [1.165, 1.54) is 12.8 Å². The molecule has 0 aromatic carbocycles. The SMILES string of the molecule is CCC(C)(C)/N=C(/C[C@H]1O[C@@H]2O[C@]3(C)CC[C@H]4[C@H](C)CC[C@@H]([C@H]1C)[C@@]24OO3)[C@H]1O[C@@H]2O[C@]3(C)CC[C@H]4[C@H](C)CC[C@@H]([C@H]1C)[C@@]24OO3. The lowest BCUT2D eigenvalue weighted by molar-refractivity contribution is -0.571. The molecule has 8 heterocycles. The number of ether oxygens (including phenoxy) is 4. The molecule has 10 fully saturated rings. The minimum Gasteiger partial charge on any atom is -0.345 e. The van der Waals surface area contributed by atoms with Crippen molar-refractivity contribution >= 4 is 5.71 Å². The first kappa shape index (κ1) is 32.5. The Morgan fingerprint density at radius 2 is 1.20 bits per heavy atom. The van der Waals surface area contributed by atoms with Crippen molar-refractivity contribution in [3.05, 3.63) is 0 Å². The van der Waals surface area contributed by atoms with Crippen molar-refractivity contribution in [1.82, 2.24) is 0 Å². The Morgan fingerprint density at radius 1 is 0.674 bits per heavy atom. The number of aliphatic imine (C=N–C) groups is 1. The van der Waals surface area contributed by atoms with Crippen LogP contribution < -0.4 is 0 Å². The molecule has 9 nitrogen and oxygen atoms in total. The zero-order valence-corrected chi connectivity index (χ0v) is 29.7. The topological polar surface area (TPSA) is 86.2 Å². The highest BCUT2D eigenvalue weighted by Crippen LogP contribution is 2.63. The summed E-state index contributed by atoms with van der Waals surface area (Å²) in [5.41, 5.74) is -0.323. The van der Waals surface area contributed by atoms with E-state index in [1.807, 2.05) is 13.8 Å². The molecule has 0 amide bonds. The molecular formula is C37H59NO8. The smallest absolute Gasteiger partial charge is 0.201 e. The summed E-state index contributed by atoms with van der Waals surface area (Å²) < 4.78 is 27.8. The quantitative estimate of drug-likeness (QED) is 0.224. The van der Waals surface area contributed by atoms with Gasteiger partial charge in [0.1, 0.15) is 6.10 Å². The largest absolute Gasteiger partial charge is 0.345 e. The summed E-state index contributed by atoms with van der Waals surface area (Å²) in [4.78, 5) is 30.7. The predicted molar refractivity (Wildman–Crippen MR) is 170 cm³/mol. The molecule has 4 bridgehead atoms. The standard InChI is InChI=1S/C37H59NO8/c1-10-33(6,7)38-28(30-23(5)27-14-12-21(3)25-16-18-35(9)42-32(40-30)37(25,27)46-44-35)19-29-22(4)26-13-11-20(2)24-15-17-34(8)41-31(39-29)36(24,26)45-43-34/h20-27,29-32H,10-19H2,1-9H3/b38-28-/t20-,21-,22-,23-,24+,25+,26+,27+,29-,30+,31-,32-,34+,35+,36-,37-/m1/s1. The zero-order valence-electron chi connectivity index (χ0n) is 29.7. The number of hydrogen-bond acceptors (Lipinski definition) is 9. The number of nitrogens with zero attached hydrogens (tertiary/aromatic N) is 1. The van der Waals surface area contributed by atoms with E-state index in [1.54, 1.807) is 0 Å². The van der Waals surface area contributed by atoms with Crippen LogP contribution in [0.5, 0.6) is 0 Å². The van der Waals surface area contributed by atoms with E-state index in [0.717, 1.165) is 50.7 Å². The zero-order chi connectivity index (χ0) is 32.4. The fraction of sp³-hybridized carbons (Fsp3) is 0.973. The van der Waals surface area contributed by atoms with Crippen LogP contribution in [0.3, 0.4) is 0 Å². The van der Waals surface area contributed by atoms with Gasteiger partial charge in [0.05, 0.1) is 11.6 Å². The molecule has 0 unspecified atom stereocenters. The summed E-state index contributed by atoms with van der Waals surface area (Å²) in [6.45, 7) is 20.1. The lowest BCUT2D eigenvalue weighted by Gasteiger charge is -2.61. The van der Waals surface area contributed by atoms with Gasteiger partial charge in [0.2, 0.25) is 11.6 Å². The molecule has 9 heteroatoms. The number of hydrogen-bond donors (Lipinski definition) is 0. The summed E-state index contributed by atoms with van der Waals surface area (Å²) in [5.74, 6) is 1.10. The van der Waals surface area contributed by atoms with E-state index < -0.39 is 35.4 Å². The Hall–Kier alpha value is -0.650. The highest BCUT2D eigenvalue weighted by atomic mass is 17.3. The van der Waals surface area contributed by atoms with Crippen LogP contribution in [0, 0.1) is 47.3 Å². The molecule has 0 N–H and O–H groups in total. The fourth-order valence-electron chi connectivity index (χ4n) is 11.4. The van der Waals surface area contributed by atoms with Gasteiger partial charge in [-0.2, -0.15) is 0 Å². The molecule has 260 valence electrons. The molecule has 10 rings (SSSR count). The van der Waals surface area contributed by atoms with Gasteiger partial charge in [0.25, 0.3) is 0 Å². The molecule has 2 aliphatic carbocycles. The third kappa shape index (κ3) is 4.65. The molecule has 8 saturated heterocycles. The van der Waals surface area contributed by atoms with Crippen molar-refractivity contribution in [2.24, 2.45) is 52.3 Å². The maximum Gasteiger partial charge on any atom is 0.201 e. The van der Waals surface area contributed by atoms with E-state index >= 15 is 0 Å². The molecule has 0 radical (unpaired) electrons. The van der Waals surface area contributed by atoms with E-state index in [4.69, 9.17) is 43.5 Å². The first-order valence-electron chi connectivity index (χ1n) is 18.7. The molecule has 16 atom stereocenters. The van der Waals surface area contributed by atoms with Crippen LogP contribution >= 0.6 is 0 Å². The van der Waals surface area contributed by atoms with Gasteiger partial charge in [-0.15, -0.1) is 0 Å². The highest BCUT2D eigenvalue weighted by Gasteiger charge is 2.71. The van der Waals surface area contributed by atoms with Crippen LogP contribution in [-0.4, -0.2) is 58.8 Å². The van der Waals surface area contributed by atoms with E-state index in [0.29, 0.717) is 30.1 Å². The molecule has 2 spiro atoms. The molecule has 0 aromatic heterocycles. The van der Waals surface area contributed by atoms with Gasteiger partial charge in [0.15, 0.2) is 23.8 Å².